The third-order valence-electron chi connectivity index (χ3n) is 3.99. The third kappa shape index (κ3) is 3.16. The maximum atomic E-state index is 6.40. The van der Waals surface area contributed by atoms with Gasteiger partial charge in [0.05, 0.1) is 6.04 Å². The number of nitrogens with zero attached hydrogens (tertiary/aromatic N) is 5. The molecule has 0 saturated carbocycles. The lowest BCUT2D eigenvalue weighted by molar-refractivity contribution is 0.269. The van der Waals surface area contributed by atoms with Gasteiger partial charge in [0, 0.05) is 43.4 Å². The van der Waals surface area contributed by atoms with Crippen molar-refractivity contribution in [1.29, 1.82) is 0 Å². The number of aromatic nitrogens is 4. The monoisotopic (exact) mass is 329 g/mol. The summed E-state index contributed by atoms with van der Waals surface area (Å²) in [6.07, 6.45) is 7.50. The van der Waals surface area contributed by atoms with Crippen molar-refractivity contribution in [1.82, 2.24) is 24.0 Å². The topological polar surface area (TPSA) is 38.9 Å². The number of hydrogen-bond acceptors (Lipinski definition) is 3. The molecule has 1 aromatic carbocycles. The maximum absolute atomic E-state index is 6.40. The first kappa shape index (κ1) is 15.8. The Morgan fingerprint density at radius 3 is 2.43 bits per heavy atom. The van der Waals surface area contributed by atoms with E-state index in [-0.39, 0.29) is 6.04 Å². The van der Waals surface area contributed by atoms with Gasteiger partial charge in [-0.2, -0.15) is 0 Å². The van der Waals surface area contributed by atoms with Crippen LogP contribution in [-0.4, -0.2) is 38.1 Å². The fraction of sp³-hybridized carbons (Fsp3) is 0.294. The predicted octanol–water partition coefficient (Wildman–Crippen LogP) is 3.24. The molecule has 120 valence electrons. The van der Waals surface area contributed by atoms with E-state index in [0.29, 0.717) is 0 Å². The van der Waals surface area contributed by atoms with E-state index in [4.69, 9.17) is 11.6 Å². The molecule has 3 rings (SSSR count). The molecule has 0 N–H and O–H groups in total. The molecule has 0 saturated heterocycles. The molecule has 0 amide bonds. The van der Waals surface area contributed by atoms with Gasteiger partial charge in [0.15, 0.2) is 11.6 Å². The van der Waals surface area contributed by atoms with Gasteiger partial charge in [-0.25, -0.2) is 9.97 Å². The van der Waals surface area contributed by atoms with Gasteiger partial charge in [0.25, 0.3) is 0 Å². The largest absolute Gasteiger partial charge is 0.331 e. The van der Waals surface area contributed by atoms with Gasteiger partial charge in [-0.3, -0.25) is 0 Å². The lowest BCUT2D eigenvalue weighted by atomic mass is 10.1. The maximum Gasteiger partial charge on any atom is 0.176 e. The number of hydrogen-bond donors (Lipinski definition) is 0. The van der Waals surface area contributed by atoms with Crippen molar-refractivity contribution in [2.24, 2.45) is 7.05 Å². The molecule has 2 heterocycles. The molecular weight excluding hydrogens is 310 g/mol. The minimum atomic E-state index is 0.150. The van der Waals surface area contributed by atoms with Crippen LogP contribution in [-0.2, 0) is 13.6 Å². The first-order chi connectivity index (χ1) is 11.1. The van der Waals surface area contributed by atoms with Gasteiger partial charge in [-0.05, 0) is 25.7 Å². The van der Waals surface area contributed by atoms with Crippen molar-refractivity contribution < 1.29 is 0 Å². The number of rotatable bonds is 5. The summed E-state index contributed by atoms with van der Waals surface area (Å²) >= 11 is 6.40. The summed E-state index contributed by atoms with van der Waals surface area (Å²) in [6, 6.07) is 8.13. The van der Waals surface area contributed by atoms with Crippen LogP contribution in [0.4, 0.5) is 0 Å². The molecule has 0 aliphatic rings. The van der Waals surface area contributed by atoms with Crippen LogP contribution in [0.1, 0.15) is 11.6 Å². The molecule has 23 heavy (non-hydrogen) atoms. The minimum absolute atomic E-state index is 0.150. The zero-order valence-corrected chi connectivity index (χ0v) is 14.3. The van der Waals surface area contributed by atoms with Crippen LogP contribution in [0.5, 0.6) is 0 Å². The van der Waals surface area contributed by atoms with E-state index in [1.807, 2.05) is 48.4 Å². The van der Waals surface area contributed by atoms with E-state index >= 15 is 0 Å². The van der Waals surface area contributed by atoms with Gasteiger partial charge in [-0.15, -0.1) is 0 Å². The number of benzene rings is 1. The van der Waals surface area contributed by atoms with Crippen LogP contribution >= 0.6 is 11.6 Å². The zero-order chi connectivity index (χ0) is 16.4. The molecule has 6 heteroatoms. The molecule has 0 radical (unpaired) electrons. The highest BCUT2D eigenvalue weighted by atomic mass is 35.5. The van der Waals surface area contributed by atoms with Crippen LogP contribution in [0.25, 0.3) is 11.6 Å². The number of halogens is 1. The second-order valence-electron chi connectivity index (χ2n) is 5.77. The lowest BCUT2D eigenvalue weighted by Gasteiger charge is -2.26. The Bertz CT molecular complexity index is 790. The first-order valence-electron chi connectivity index (χ1n) is 7.47. The second kappa shape index (κ2) is 6.56. The zero-order valence-electron chi connectivity index (χ0n) is 13.5. The van der Waals surface area contributed by atoms with Crippen molar-refractivity contribution in [2.75, 3.05) is 14.1 Å². The van der Waals surface area contributed by atoms with Gasteiger partial charge in [-0.1, -0.05) is 29.8 Å². The fourth-order valence-corrected chi connectivity index (χ4v) is 2.98. The highest BCUT2D eigenvalue weighted by Gasteiger charge is 2.20. The van der Waals surface area contributed by atoms with Crippen LogP contribution in [0.2, 0.25) is 5.02 Å². The molecular formula is C17H20ClN5. The summed E-state index contributed by atoms with van der Waals surface area (Å²) < 4.78 is 4.09. The first-order valence-corrected chi connectivity index (χ1v) is 7.85. The average molecular weight is 330 g/mol. The Morgan fingerprint density at radius 2 is 1.78 bits per heavy atom. The standard InChI is InChI=1S/C17H20ClN5/c1-21(2)15(13-6-4-5-7-14(13)18)12-23-11-9-20-17(23)16-19-8-10-22(16)3/h4-11,15H,12H2,1-3H3/t15-/m0/s1. The van der Waals surface area contributed by atoms with Gasteiger partial charge < -0.3 is 14.0 Å². The summed E-state index contributed by atoms with van der Waals surface area (Å²) in [6.45, 7) is 0.749. The van der Waals surface area contributed by atoms with Crippen molar-refractivity contribution in [3.8, 4) is 11.6 Å². The van der Waals surface area contributed by atoms with Crippen molar-refractivity contribution >= 4 is 11.6 Å². The second-order valence-corrected chi connectivity index (χ2v) is 6.17. The van der Waals surface area contributed by atoms with Crippen molar-refractivity contribution in [3.63, 3.8) is 0 Å². The molecule has 2 aromatic heterocycles. The molecule has 0 unspecified atom stereocenters. The normalized spacial score (nSPS) is 12.7. The smallest absolute Gasteiger partial charge is 0.176 e. The molecule has 3 aromatic rings. The van der Waals surface area contributed by atoms with Crippen molar-refractivity contribution in [2.45, 2.75) is 12.6 Å². The number of likely N-dealkylation sites (N-methyl/N-ethyl adjacent to an activating group) is 1. The Balaban J connectivity index is 1.96. The van der Waals surface area contributed by atoms with Crippen LogP contribution in [0, 0.1) is 0 Å². The Hall–Kier alpha value is -2.11. The van der Waals surface area contributed by atoms with E-state index in [1.165, 1.54) is 0 Å². The summed E-state index contributed by atoms with van der Waals surface area (Å²) in [4.78, 5) is 11.0. The molecule has 1 atom stereocenters. The highest BCUT2D eigenvalue weighted by molar-refractivity contribution is 6.31. The van der Waals surface area contributed by atoms with E-state index in [9.17, 15) is 0 Å². The third-order valence-corrected chi connectivity index (χ3v) is 4.34. The van der Waals surface area contributed by atoms with Crippen LogP contribution in [0.3, 0.4) is 0 Å². The van der Waals surface area contributed by atoms with E-state index in [0.717, 1.165) is 28.8 Å². The summed E-state index contributed by atoms with van der Waals surface area (Å²) in [5.74, 6) is 1.71. The summed E-state index contributed by atoms with van der Waals surface area (Å²) in [7, 11) is 6.09. The summed E-state index contributed by atoms with van der Waals surface area (Å²) in [5, 5.41) is 0.782. The fourth-order valence-electron chi connectivity index (χ4n) is 2.72. The number of aryl methyl sites for hydroxylation is 1. The molecule has 0 bridgehead atoms. The highest BCUT2D eigenvalue weighted by Crippen LogP contribution is 2.28. The minimum Gasteiger partial charge on any atom is -0.331 e. The molecule has 5 nitrogen and oxygen atoms in total. The quantitative estimate of drug-likeness (QED) is 0.721. The molecule has 0 aliphatic carbocycles. The summed E-state index contributed by atoms with van der Waals surface area (Å²) in [5.41, 5.74) is 1.11. The Morgan fingerprint density at radius 1 is 1.09 bits per heavy atom. The van der Waals surface area contributed by atoms with E-state index in [2.05, 4.69) is 39.6 Å². The van der Waals surface area contributed by atoms with E-state index < -0.39 is 0 Å². The van der Waals surface area contributed by atoms with Gasteiger partial charge in [0.1, 0.15) is 0 Å². The van der Waals surface area contributed by atoms with Crippen LogP contribution in [0.15, 0.2) is 49.1 Å². The predicted molar refractivity (Wildman–Crippen MR) is 92.3 cm³/mol. The average Bonchev–Trinajstić information content (AvgIpc) is 3.13. The van der Waals surface area contributed by atoms with Gasteiger partial charge >= 0.3 is 0 Å². The Labute approximate surface area is 141 Å². The van der Waals surface area contributed by atoms with Gasteiger partial charge in [0.2, 0.25) is 0 Å². The Kier molecular flexibility index (Phi) is 4.50. The number of imidazole rings is 2. The molecule has 0 fully saturated rings. The van der Waals surface area contributed by atoms with E-state index in [1.54, 1.807) is 6.20 Å². The lowest BCUT2D eigenvalue weighted by Crippen LogP contribution is -2.25. The molecule has 0 aliphatic heterocycles. The molecule has 0 spiro atoms. The van der Waals surface area contributed by atoms with Crippen LogP contribution < -0.4 is 0 Å². The SMILES string of the molecule is CN(C)[C@@H](Cn1ccnc1-c1nccn1C)c1ccccc1Cl. The van der Waals surface area contributed by atoms with Crippen molar-refractivity contribution in [3.05, 3.63) is 59.6 Å².